The largest absolute Gasteiger partial charge is 0.347 e. The predicted molar refractivity (Wildman–Crippen MR) is 83.0 cm³/mol. The van der Waals surface area contributed by atoms with Gasteiger partial charge in [0.1, 0.15) is 0 Å². The molecule has 1 nitrogen and oxygen atoms in total. The summed E-state index contributed by atoms with van der Waals surface area (Å²) in [6.45, 7) is 4.06. The Bertz CT molecular complexity index is 488. The van der Waals surface area contributed by atoms with Crippen LogP contribution in [0.15, 0.2) is 17.0 Å². The van der Waals surface area contributed by atoms with Gasteiger partial charge in [-0.1, -0.05) is 19.9 Å². The van der Waals surface area contributed by atoms with Gasteiger partial charge in [0.05, 0.1) is 0 Å². The van der Waals surface area contributed by atoms with Crippen LogP contribution >= 0.6 is 10.3 Å². The van der Waals surface area contributed by atoms with Crippen molar-refractivity contribution in [1.29, 1.82) is 0 Å². The third-order valence-corrected chi connectivity index (χ3v) is 7.39. The standard InChI is InChI=1S/C17H24OS/c1-12(2)19(3,18)16-11-10-14-7-4-6-13-8-5-9-15(16)17(13)14/h3,10-13,18H,4-9H2,1-2H3/t13-/m1/s1. The number of hydrogen-bond donors (Lipinski definition) is 1. The number of hydrogen-bond acceptors (Lipinski definition) is 1. The molecule has 0 saturated carbocycles. The topological polar surface area (TPSA) is 20.2 Å². The smallest absolute Gasteiger partial charge is 0.0424 e. The molecule has 3 rings (SSSR count). The van der Waals surface area contributed by atoms with Gasteiger partial charge >= 0.3 is 0 Å². The van der Waals surface area contributed by atoms with Crippen molar-refractivity contribution in [1.82, 2.24) is 0 Å². The number of benzene rings is 1. The summed E-state index contributed by atoms with van der Waals surface area (Å²) in [4.78, 5) is 1.06. The van der Waals surface area contributed by atoms with E-state index in [1.165, 1.54) is 43.2 Å². The van der Waals surface area contributed by atoms with Gasteiger partial charge in [0.25, 0.3) is 0 Å². The Balaban J connectivity index is 2.16. The highest BCUT2D eigenvalue weighted by molar-refractivity contribution is 8.30. The highest BCUT2D eigenvalue weighted by atomic mass is 32.3. The second-order valence-corrected chi connectivity index (χ2v) is 9.05. The Labute approximate surface area is 118 Å². The third-order valence-electron chi connectivity index (χ3n) is 4.86. The molecule has 0 heterocycles. The fourth-order valence-corrected chi connectivity index (χ4v) is 5.14. The summed E-state index contributed by atoms with van der Waals surface area (Å²) in [5.41, 5.74) is 4.49. The van der Waals surface area contributed by atoms with Gasteiger partial charge in [-0.25, -0.2) is 0 Å². The summed E-state index contributed by atoms with van der Waals surface area (Å²) in [7, 11) is -2.14. The highest BCUT2D eigenvalue weighted by Crippen LogP contribution is 2.58. The van der Waals surface area contributed by atoms with E-state index in [-0.39, 0.29) is 5.25 Å². The van der Waals surface area contributed by atoms with Crippen molar-refractivity contribution in [2.45, 2.75) is 68.4 Å². The molecule has 0 amide bonds. The van der Waals surface area contributed by atoms with Crippen LogP contribution in [-0.4, -0.2) is 9.80 Å². The SMILES string of the molecule is [CH]S(O)(c1ccc2c3c1CCC[C@H]3CCC2)C(C)C. The van der Waals surface area contributed by atoms with Crippen LogP contribution in [0.5, 0.6) is 0 Å². The van der Waals surface area contributed by atoms with Crippen LogP contribution in [0, 0.1) is 6.26 Å². The van der Waals surface area contributed by atoms with Crippen molar-refractivity contribution in [2.24, 2.45) is 0 Å². The lowest BCUT2D eigenvalue weighted by Crippen LogP contribution is -2.20. The molecule has 0 spiro atoms. The zero-order valence-electron chi connectivity index (χ0n) is 12.0. The van der Waals surface area contributed by atoms with Gasteiger partial charge in [-0.05, 0) is 67.2 Å². The van der Waals surface area contributed by atoms with Gasteiger partial charge in [0.2, 0.25) is 0 Å². The van der Waals surface area contributed by atoms with E-state index in [0.29, 0.717) is 0 Å². The zero-order valence-corrected chi connectivity index (χ0v) is 12.8. The van der Waals surface area contributed by atoms with Crippen molar-refractivity contribution in [2.75, 3.05) is 0 Å². The average molecular weight is 276 g/mol. The molecule has 1 aromatic carbocycles. The molecule has 0 bridgehead atoms. The Morgan fingerprint density at radius 1 is 1.21 bits per heavy atom. The minimum atomic E-state index is -2.14. The molecule has 0 fully saturated rings. The predicted octanol–water partition coefficient (Wildman–Crippen LogP) is 5.16. The van der Waals surface area contributed by atoms with Gasteiger partial charge in [0.15, 0.2) is 0 Å². The average Bonchev–Trinajstić information content (AvgIpc) is 2.39. The van der Waals surface area contributed by atoms with E-state index in [4.69, 9.17) is 6.26 Å². The maximum absolute atomic E-state index is 10.7. The van der Waals surface area contributed by atoms with Crippen molar-refractivity contribution in [3.8, 4) is 0 Å². The van der Waals surface area contributed by atoms with Gasteiger partial charge in [-0.2, -0.15) is 0 Å². The lowest BCUT2D eigenvalue weighted by Gasteiger charge is -2.40. The Morgan fingerprint density at radius 3 is 2.58 bits per heavy atom. The number of rotatable bonds is 2. The molecule has 2 aliphatic rings. The van der Waals surface area contributed by atoms with Gasteiger partial charge in [-0.15, -0.1) is 10.3 Å². The minimum Gasteiger partial charge on any atom is -0.347 e. The molecule has 2 heteroatoms. The van der Waals surface area contributed by atoms with Crippen LogP contribution in [0.2, 0.25) is 0 Å². The maximum Gasteiger partial charge on any atom is 0.0424 e. The Hall–Kier alpha value is -0.470. The monoisotopic (exact) mass is 276 g/mol. The van der Waals surface area contributed by atoms with E-state index in [1.807, 2.05) is 13.8 Å². The molecule has 19 heavy (non-hydrogen) atoms. The molecule has 104 valence electrons. The molecule has 0 aromatic heterocycles. The summed E-state index contributed by atoms with van der Waals surface area (Å²) >= 11 is 0. The molecule has 0 aliphatic heterocycles. The van der Waals surface area contributed by atoms with E-state index in [1.54, 1.807) is 5.56 Å². The fraction of sp³-hybridized carbons (Fsp3) is 0.588. The zero-order chi connectivity index (χ0) is 13.6. The highest BCUT2D eigenvalue weighted by Gasteiger charge is 2.32. The summed E-state index contributed by atoms with van der Waals surface area (Å²) in [6, 6.07) is 4.36. The van der Waals surface area contributed by atoms with Crippen LogP contribution < -0.4 is 0 Å². The summed E-state index contributed by atoms with van der Waals surface area (Å²) in [5, 5.41) is 0.116. The van der Waals surface area contributed by atoms with E-state index < -0.39 is 10.3 Å². The van der Waals surface area contributed by atoms with Crippen molar-refractivity contribution in [3.63, 3.8) is 0 Å². The molecule has 1 aromatic rings. The summed E-state index contributed by atoms with van der Waals surface area (Å²) < 4.78 is 10.7. The van der Waals surface area contributed by atoms with Crippen LogP contribution in [-0.2, 0) is 12.8 Å². The number of aryl methyl sites for hydroxylation is 1. The van der Waals surface area contributed by atoms with Crippen LogP contribution in [0.3, 0.4) is 0 Å². The van der Waals surface area contributed by atoms with E-state index in [0.717, 1.165) is 17.2 Å². The lowest BCUT2D eigenvalue weighted by atomic mass is 9.73. The minimum absolute atomic E-state index is 0.116. The molecular weight excluding hydrogens is 252 g/mol. The molecule has 1 N–H and O–H groups in total. The maximum atomic E-state index is 10.7. The Morgan fingerprint density at radius 2 is 1.89 bits per heavy atom. The first-order valence-corrected chi connectivity index (χ1v) is 9.20. The molecule has 2 aliphatic carbocycles. The van der Waals surface area contributed by atoms with Crippen LogP contribution in [0.25, 0.3) is 0 Å². The second-order valence-electron chi connectivity index (χ2n) is 6.32. The summed E-state index contributed by atoms with van der Waals surface area (Å²) in [5.74, 6) is 0.731. The van der Waals surface area contributed by atoms with E-state index in [2.05, 4.69) is 12.1 Å². The molecule has 2 atom stereocenters. The first-order chi connectivity index (χ1) is 9.01. The first-order valence-electron chi connectivity index (χ1n) is 7.49. The molecule has 1 unspecified atom stereocenters. The molecular formula is C17H24OS. The molecule has 0 saturated heterocycles. The van der Waals surface area contributed by atoms with E-state index in [9.17, 15) is 4.55 Å². The van der Waals surface area contributed by atoms with Crippen molar-refractivity contribution in [3.05, 3.63) is 35.1 Å². The second kappa shape index (κ2) is 4.82. The Kier molecular flexibility index (Phi) is 3.43. The normalized spacial score (nSPS) is 26.7. The van der Waals surface area contributed by atoms with Gasteiger partial charge in [0, 0.05) is 16.4 Å². The fourth-order valence-electron chi connectivity index (χ4n) is 3.74. The third kappa shape index (κ3) is 2.13. The van der Waals surface area contributed by atoms with Gasteiger partial charge < -0.3 is 4.55 Å². The van der Waals surface area contributed by atoms with Crippen LogP contribution in [0.1, 0.15) is 62.1 Å². The molecule has 2 radical (unpaired) electrons. The summed E-state index contributed by atoms with van der Waals surface area (Å²) in [6.07, 6.45) is 13.8. The quantitative estimate of drug-likeness (QED) is 0.791. The first kappa shape index (κ1) is 13.5. The van der Waals surface area contributed by atoms with Crippen molar-refractivity contribution < 1.29 is 4.55 Å². The van der Waals surface area contributed by atoms with E-state index >= 15 is 0 Å². The van der Waals surface area contributed by atoms with Crippen LogP contribution in [0.4, 0.5) is 0 Å². The lowest BCUT2D eigenvalue weighted by molar-refractivity contribution is 0.471. The van der Waals surface area contributed by atoms with Crippen molar-refractivity contribution >= 4 is 10.3 Å². The van der Waals surface area contributed by atoms with Gasteiger partial charge in [-0.3, -0.25) is 0 Å².